The molecule has 1 unspecified atom stereocenters. The minimum atomic E-state index is -0.461. The van der Waals surface area contributed by atoms with Gasteiger partial charge in [-0.3, -0.25) is 9.48 Å². The number of carbonyl (C=O) groups excluding carboxylic acids is 1. The van der Waals surface area contributed by atoms with E-state index in [9.17, 15) is 4.79 Å². The number of carbonyl (C=O) groups is 1. The van der Waals surface area contributed by atoms with Gasteiger partial charge in [-0.15, -0.1) is 0 Å². The van der Waals surface area contributed by atoms with Crippen LogP contribution in [0.5, 0.6) is 5.75 Å². The highest BCUT2D eigenvalue weighted by Gasteiger charge is 2.23. The third-order valence-electron chi connectivity index (χ3n) is 4.28. The lowest BCUT2D eigenvalue weighted by molar-refractivity contribution is -0.119. The van der Waals surface area contributed by atoms with E-state index in [2.05, 4.69) is 15.5 Å². The van der Waals surface area contributed by atoms with E-state index in [0.717, 1.165) is 5.69 Å². The minimum Gasteiger partial charge on any atom is -0.471 e. The van der Waals surface area contributed by atoms with Gasteiger partial charge in [0.25, 0.3) is 0 Å². The van der Waals surface area contributed by atoms with Crippen molar-refractivity contribution in [2.45, 2.75) is 40.0 Å². The lowest BCUT2D eigenvalue weighted by atomic mass is 10.2. The first-order chi connectivity index (χ1) is 13.4. The van der Waals surface area contributed by atoms with E-state index in [1.54, 1.807) is 33.9 Å². The summed E-state index contributed by atoms with van der Waals surface area (Å²) in [6.45, 7) is 5.79. The third kappa shape index (κ3) is 4.48. The van der Waals surface area contributed by atoms with E-state index in [1.807, 2.05) is 32.9 Å². The molecule has 0 aliphatic rings. The quantitative estimate of drug-likeness (QED) is 0.603. The third-order valence-corrected chi connectivity index (χ3v) is 5.06. The Morgan fingerprint density at radius 2 is 2.11 bits per heavy atom. The normalized spacial score (nSPS) is 12.0. The van der Waals surface area contributed by atoms with Crippen molar-refractivity contribution in [2.24, 2.45) is 0 Å². The molecule has 0 bridgehead atoms. The predicted octanol–water partition coefficient (Wildman–Crippen LogP) is 4.63. The van der Waals surface area contributed by atoms with Gasteiger partial charge in [-0.1, -0.05) is 36.2 Å². The number of ether oxygens (including phenoxy) is 1. The number of nitrogens with zero attached hydrogens (tertiary/aromatic N) is 4. The smallest absolute Gasteiger partial charge is 0.249 e. The number of aromatic nitrogens is 4. The molecule has 0 saturated heterocycles. The zero-order valence-electron chi connectivity index (χ0n) is 15.8. The molecule has 2 aromatic heterocycles. The van der Waals surface area contributed by atoms with E-state index >= 15 is 0 Å². The van der Waals surface area contributed by atoms with Gasteiger partial charge in [-0.05, 0) is 38.5 Å². The van der Waals surface area contributed by atoms with Crippen LogP contribution in [-0.2, 0) is 11.5 Å². The SMILES string of the molecule is CCC(C(=O)Nc1cnn(COc2cccc(Cl)c2)c1)n1nc(C)c(Cl)c1C. The number of rotatable bonds is 7. The maximum Gasteiger partial charge on any atom is 0.249 e. The first-order valence-electron chi connectivity index (χ1n) is 8.82. The van der Waals surface area contributed by atoms with Crippen molar-refractivity contribution >= 4 is 34.8 Å². The first kappa shape index (κ1) is 20.2. The van der Waals surface area contributed by atoms with Gasteiger partial charge in [0.15, 0.2) is 6.73 Å². The monoisotopic (exact) mass is 421 g/mol. The number of anilines is 1. The fraction of sp³-hybridized carbons (Fsp3) is 0.316. The summed E-state index contributed by atoms with van der Waals surface area (Å²) in [5.74, 6) is 0.459. The van der Waals surface area contributed by atoms with E-state index in [4.69, 9.17) is 27.9 Å². The van der Waals surface area contributed by atoms with Gasteiger partial charge in [0.2, 0.25) is 5.91 Å². The Bertz CT molecular complexity index is 983. The van der Waals surface area contributed by atoms with Crippen LogP contribution in [0.15, 0.2) is 36.7 Å². The van der Waals surface area contributed by atoms with Crippen molar-refractivity contribution in [3.8, 4) is 5.75 Å². The fourth-order valence-corrected chi connectivity index (χ4v) is 3.14. The molecule has 0 fully saturated rings. The van der Waals surface area contributed by atoms with E-state index in [1.165, 1.54) is 0 Å². The molecule has 0 saturated carbocycles. The van der Waals surface area contributed by atoms with Crippen molar-refractivity contribution < 1.29 is 9.53 Å². The average Bonchev–Trinajstić information content (AvgIpc) is 3.21. The van der Waals surface area contributed by atoms with Crippen molar-refractivity contribution in [2.75, 3.05) is 5.32 Å². The summed E-state index contributed by atoms with van der Waals surface area (Å²) >= 11 is 12.2. The number of amides is 1. The topological polar surface area (TPSA) is 74.0 Å². The van der Waals surface area contributed by atoms with E-state index < -0.39 is 6.04 Å². The number of hydrogen-bond donors (Lipinski definition) is 1. The van der Waals surface area contributed by atoms with Crippen molar-refractivity contribution in [3.63, 3.8) is 0 Å². The fourth-order valence-electron chi connectivity index (χ4n) is 2.84. The Morgan fingerprint density at radius 1 is 1.32 bits per heavy atom. The van der Waals surface area contributed by atoms with Crippen molar-refractivity contribution in [3.05, 3.63) is 58.1 Å². The second-order valence-electron chi connectivity index (χ2n) is 6.34. The Hall–Kier alpha value is -2.51. The first-order valence-corrected chi connectivity index (χ1v) is 9.57. The summed E-state index contributed by atoms with van der Waals surface area (Å²) in [5.41, 5.74) is 2.05. The molecule has 2 heterocycles. The molecule has 1 atom stereocenters. The highest BCUT2D eigenvalue weighted by atomic mass is 35.5. The summed E-state index contributed by atoms with van der Waals surface area (Å²) in [5, 5.41) is 12.6. The zero-order valence-corrected chi connectivity index (χ0v) is 17.3. The standard InChI is InChI=1S/C19H21Cl2N5O2/c1-4-17(26-13(3)18(21)12(2)24-26)19(27)23-15-9-22-25(10-15)11-28-16-7-5-6-14(20)8-16/h5-10,17H,4,11H2,1-3H3,(H,23,27). The van der Waals surface area contributed by atoms with Crippen LogP contribution in [0, 0.1) is 13.8 Å². The number of nitrogens with one attached hydrogen (secondary N) is 1. The molecule has 3 aromatic rings. The lowest BCUT2D eigenvalue weighted by Gasteiger charge is -2.16. The molecular weight excluding hydrogens is 401 g/mol. The Labute approximate surface area is 173 Å². The van der Waals surface area contributed by atoms with Crippen LogP contribution in [0.2, 0.25) is 10.0 Å². The Balaban J connectivity index is 1.64. The second-order valence-corrected chi connectivity index (χ2v) is 7.16. The molecule has 3 rings (SSSR count). The lowest BCUT2D eigenvalue weighted by Crippen LogP contribution is -2.27. The molecule has 0 spiro atoms. The molecule has 1 aromatic carbocycles. The molecule has 0 aliphatic carbocycles. The van der Waals surface area contributed by atoms with Gasteiger partial charge >= 0.3 is 0 Å². The molecule has 148 valence electrons. The molecule has 1 amide bonds. The van der Waals surface area contributed by atoms with Crippen LogP contribution in [0.3, 0.4) is 0 Å². The summed E-state index contributed by atoms with van der Waals surface area (Å²) in [4.78, 5) is 12.7. The Morgan fingerprint density at radius 3 is 2.75 bits per heavy atom. The van der Waals surface area contributed by atoms with Gasteiger partial charge in [0, 0.05) is 5.02 Å². The number of benzene rings is 1. The maximum absolute atomic E-state index is 12.7. The van der Waals surface area contributed by atoms with Gasteiger partial charge in [0.05, 0.1) is 34.5 Å². The highest BCUT2D eigenvalue weighted by Crippen LogP contribution is 2.24. The van der Waals surface area contributed by atoms with E-state index in [0.29, 0.717) is 33.6 Å². The molecular formula is C19H21Cl2N5O2. The van der Waals surface area contributed by atoms with Crippen LogP contribution >= 0.6 is 23.2 Å². The summed E-state index contributed by atoms with van der Waals surface area (Å²) in [7, 11) is 0. The molecule has 7 nitrogen and oxygen atoms in total. The predicted molar refractivity (Wildman–Crippen MR) is 109 cm³/mol. The van der Waals surface area contributed by atoms with Gasteiger partial charge in [-0.25, -0.2) is 4.68 Å². The van der Waals surface area contributed by atoms with Crippen molar-refractivity contribution in [1.82, 2.24) is 19.6 Å². The highest BCUT2D eigenvalue weighted by molar-refractivity contribution is 6.31. The zero-order chi connectivity index (χ0) is 20.3. The Kier molecular flexibility index (Phi) is 6.26. The number of aryl methyl sites for hydroxylation is 1. The van der Waals surface area contributed by atoms with Crippen LogP contribution in [0.1, 0.15) is 30.8 Å². The van der Waals surface area contributed by atoms with Crippen LogP contribution in [0.4, 0.5) is 5.69 Å². The molecule has 1 N–H and O–H groups in total. The summed E-state index contributed by atoms with van der Waals surface area (Å²) in [6.07, 6.45) is 3.85. The van der Waals surface area contributed by atoms with Crippen LogP contribution in [-0.4, -0.2) is 25.5 Å². The average molecular weight is 422 g/mol. The van der Waals surface area contributed by atoms with E-state index in [-0.39, 0.29) is 12.6 Å². The molecule has 0 radical (unpaired) electrons. The van der Waals surface area contributed by atoms with Crippen molar-refractivity contribution in [1.29, 1.82) is 0 Å². The largest absolute Gasteiger partial charge is 0.471 e. The van der Waals surface area contributed by atoms with Crippen LogP contribution in [0.25, 0.3) is 0 Å². The molecule has 28 heavy (non-hydrogen) atoms. The molecule has 0 aliphatic heterocycles. The number of halogens is 2. The van der Waals surface area contributed by atoms with Gasteiger partial charge < -0.3 is 10.1 Å². The van der Waals surface area contributed by atoms with Gasteiger partial charge in [-0.2, -0.15) is 10.2 Å². The summed E-state index contributed by atoms with van der Waals surface area (Å²) in [6, 6.07) is 6.65. The number of hydrogen-bond acceptors (Lipinski definition) is 4. The maximum atomic E-state index is 12.7. The summed E-state index contributed by atoms with van der Waals surface area (Å²) < 4.78 is 8.88. The minimum absolute atomic E-state index is 0.180. The second kappa shape index (κ2) is 8.67. The molecule has 9 heteroatoms. The van der Waals surface area contributed by atoms with Gasteiger partial charge in [0.1, 0.15) is 11.8 Å². The van der Waals surface area contributed by atoms with Crippen LogP contribution < -0.4 is 10.1 Å².